The molecule has 2 heterocycles. The fourth-order valence-corrected chi connectivity index (χ4v) is 9.73. The predicted molar refractivity (Wildman–Crippen MR) is 313 cm³/mol. The van der Waals surface area contributed by atoms with Crippen molar-refractivity contribution in [2.45, 2.75) is 127 Å². The number of carbonyl (C=O) groups is 6. The third kappa shape index (κ3) is 20.5. The van der Waals surface area contributed by atoms with Gasteiger partial charge in [-0.15, -0.1) is 0 Å². The van der Waals surface area contributed by atoms with E-state index in [0.29, 0.717) is 23.1 Å². The number of amides is 6. The smallest absolute Gasteiger partial charge is 0.416 e. The number of alkyl halides is 6. The second-order valence-electron chi connectivity index (χ2n) is 22.4. The maximum Gasteiger partial charge on any atom is 0.416 e. The number of carbonyl (C=O) groups excluding carboxylic acids is 6. The SMILES string of the molecule is COc1ccc(COCC2O[C@@H](O[C@@H]3C(NC(=O)Nc4cccc(C(F)(F)F)c4)COC(COCc4ccc(OC)cc4)[C@@H]3NC(=O)CC[C@@H](NC(=O)OC(C)(C)C)C(=O)OC(=O)c3ccccc3)C(NC(=O)Nc3cccc(C(F)(F)F)c3)[C@@H](C)[C@H]2C)cc1. The van der Waals surface area contributed by atoms with Gasteiger partial charge in [0.15, 0.2) is 6.29 Å². The Morgan fingerprint density at radius 2 is 1.16 bits per heavy atom. The summed E-state index contributed by atoms with van der Waals surface area (Å²) in [6.45, 7) is 7.53. The molecule has 0 saturated carbocycles. The van der Waals surface area contributed by atoms with Crippen molar-refractivity contribution >= 4 is 47.4 Å². The maximum atomic E-state index is 14.7. The number of urea groups is 2. The van der Waals surface area contributed by atoms with Crippen LogP contribution in [0.25, 0.3) is 0 Å². The van der Waals surface area contributed by atoms with Gasteiger partial charge in [-0.25, -0.2) is 24.0 Å². The third-order valence-electron chi connectivity index (χ3n) is 14.6. The average Bonchev–Trinajstić information content (AvgIpc) is 1.00. The first-order valence-electron chi connectivity index (χ1n) is 28.6. The molecule has 0 spiro atoms. The van der Waals surface area contributed by atoms with E-state index in [4.69, 9.17) is 42.6 Å². The van der Waals surface area contributed by atoms with Gasteiger partial charge in [0.05, 0.1) is 88.2 Å². The minimum Gasteiger partial charge on any atom is -0.497 e. The maximum absolute atomic E-state index is 14.7. The number of esters is 2. The highest BCUT2D eigenvalue weighted by Crippen LogP contribution is 2.36. The minimum absolute atomic E-state index is 0.00173. The van der Waals surface area contributed by atoms with Gasteiger partial charge in [0.2, 0.25) is 5.91 Å². The van der Waals surface area contributed by atoms with E-state index in [1.54, 1.807) is 82.3 Å². The first kappa shape index (κ1) is 69.0. The Balaban J connectivity index is 1.25. The number of ether oxygens (including phenoxy) is 9. The molecule has 2 aliphatic rings. The molecule has 0 aromatic heterocycles. The number of methoxy groups -OCH3 is 2. The van der Waals surface area contributed by atoms with E-state index >= 15 is 0 Å². The van der Waals surface area contributed by atoms with Gasteiger partial charge < -0.3 is 74.5 Å². The van der Waals surface area contributed by atoms with Crippen LogP contribution in [0.5, 0.6) is 11.5 Å². The molecular formula is C63H72F6N6O15. The first-order chi connectivity index (χ1) is 42.7. The molecule has 2 fully saturated rings. The van der Waals surface area contributed by atoms with Crippen LogP contribution in [-0.2, 0) is 68.3 Å². The molecule has 0 aliphatic carbocycles. The summed E-state index contributed by atoms with van der Waals surface area (Å²) in [5.41, 5.74) is -2.20. The number of nitrogens with one attached hydrogen (secondary N) is 6. The van der Waals surface area contributed by atoms with Crippen LogP contribution >= 0.6 is 0 Å². The first-order valence-corrected chi connectivity index (χ1v) is 28.6. The van der Waals surface area contributed by atoms with Gasteiger partial charge in [0.1, 0.15) is 35.3 Å². The molecule has 90 heavy (non-hydrogen) atoms. The van der Waals surface area contributed by atoms with Crippen molar-refractivity contribution in [3.8, 4) is 11.5 Å². The summed E-state index contributed by atoms with van der Waals surface area (Å²) in [7, 11) is 3.02. The summed E-state index contributed by atoms with van der Waals surface area (Å²) < 4.78 is 137. The number of hydrogen-bond donors (Lipinski definition) is 6. The zero-order valence-corrected chi connectivity index (χ0v) is 50.2. The third-order valence-corrected chi connectivity index (χ3v) is 14.6. The molecule has 0 bridgehead atoms. The second-order valence-corrected chi connectivity index (χ2v) is 22.4. The molecule has 2 saturated heterocycles. The molecular weight excluding hydrogens is 1190 g/mol. The topological polar surface area (TPSA) is 258 Å². The van der Waals surface area contributed by atoms with Gasteiger partial charge in [0.25, 0.3) is 0 Å². The van der Waals surface area contributed by atoms with Gasteiger partial charge in [-0.1, -0.05) is 68.4 Å². The molecule has 10 atom stereocenters. The van der Waals surface area contributed by atoms with E-state index in [1.807, 2.05) is 6.92 Å². The zero-order chi connectivity index (χ0) is 65.3. The molecule has 486 valence electrons. The summed E-state index contributed by atoms with van der Waals surface area (Å²) in [5.74, 6) is -3.08. The number of rotatable bonds is 23. The van der Waals surface area contributed by atoms with Crippen molar-refractivity contribution in [3.05, 3.63) is 155 Å². The standard InChI is InChI=1S/C63H72F6N6O15/c1-36-37(2)52(75-59(80)71-44-18-12-16-42(30-44)63(67,68)69)57(87-49(36)34-84-31-38-19-23-45(82-6)24-20-38)88-54-48(72-58(79)70-43-17-11-15-41(29-43)62(64,65)66)33-86-50(35-85-32-39-21-25-46(83-7)26-22-39)53(54)74-51(76)28-27-47(73-60(81)90-61(3,4)5)56(78)89-55(77)40-13-9-8-10-14-40/h8-26,29-30,36-37,47-50,52-54,57H,27-28,31-35H2,1-7H3,(H,73,81)(H,74,76)(H2,70,72,79)(H2,71,75,80)/t36-,37+,47-,48?,49?,50?,52?,53+,54-,57+/m1/s1. The van der Waals surface area contributed by atoms with Gasteiger partial charge >= 0.3 is 42.4 Å². The molecule has 21 nitrogen and oxygen atoms in total. The number of benzene rings is 5. The van der Waals surface area contributed by atoms with Gasteiger partial charge in [0, 0.05) is 17.8 Å². The van der Waals surface area contributed by atoms with Crippen LogP contribution in [0.3, 0.4) is 0 Å². The molecule has 0 radical (unpaired) electrons. The van der Waals surface area contributed by atoms with Crippen LogP contribution < -0.4 is 41.4 Å². The molecule has 4 unspecified atom stereocenters. The lowest BCUT2D eigenvalue weighted by molar-refractivity contribution is -0.277. The Hall–Kier alpha value is -8.50. The Morgan fingerprint density at radius 1 is 0.622 bits per heavy atom. The van der Waals surface area contributed by atoms with Gasteiger partial charge in [-0.2, -0.15) is 26.3 Å². The largest absolute Gasteiger partial charge is 0.497 e. The summed E-state index contributed by atoms with van der Waals surface area (Å²) in [4.78, 5) is 82.9. The van der Waals surface area contributed by atoms with E-state index in [2.05, 4.69) is 31.9 Å². The van der Waals surface area contributed by atoms with Crippen molar-refractivity contribution in [3.63, 3.8) is 0 Å². The summed E-state index contributed by atoms with van der Waals surface area (Å²) in [6, 6.07) is 21.5. The molecule has 6 N–H and O–H groups in total. The molecule has 5 aromatic carbocycles. The lowest BCUT2D eigenvalue weighted by Crippen LogP contribution is -2.69. The monoisotopic (exact) mass is 1270 g/mol. The van der Waals surface area contributed by atoms with Crippen LogP contribution in [0.4, 0.5) is 52.1 Å². The normalized spacial score (nSPS) is 21.3. The number of halogens is 6. The fourth-order valence-electron chi connectivity index (χ4n) is 9.73. The lowest BCUT2D eigenvalue weighted by Gasteiger charge is -2.49. The van der Waals surface area contributed by atoms with Crippen LogP contribution in [0.2, 0.25) is 0 Å². The van der Waals surface area contributed by atoms with Crippen molar-refractivity contribution in [2.24, 2.45) is 11.8 Å². The highest BCUT2D eigenvalue weighted by molar-refractivity contribution is 5.99. The van der Waals surface area contributed by atoms with Crippen LogP contribution in [0, 0.1) is 11.8 Å². The van der Waals surface area contributed by atoms with E-state index in [1.165, 1.54) is 50.6 Å². The van der Waals surface area contributed by atoms with E-state index in [9.17, 15) is 55.1 Å². The van der Waals surface area contributed by atoms with Crippen LogP contribution in [-0.4, -0.2) is 124 Å². The number of hydrogen-bond acceptors (Lipinski definition) is 15. The number of anilines is 2. The molecule has 27 heteroatoms. The number of alkyl carbamates (subject to hydrolysis) is 1. The fraction of sp³-hybridized carbons (Fsp3) is 0.429. The van der Waals surface area contributed by atoms with Crippen molar-refractivity contribution in [1.82, 2.24) is 21.3 Å². The molecule has 5 aromatic rings. The Kier molecular flexibility index (Phi) is 24.0. The second kappa shape index (κ2) is 31.3. The summed E-state index contributed by atoms with van der Waals surface area (Å²) >= 11 is 0. The quantitative estimate of drug-likeness (QED) is 0.0202. The minimum atomic E-state index is -4.78. The van der Waals surface area contributed by atoms with Gasteiger partial charge in [-0.05, 0) is 123 Å². The Bertz CT molecular complexity index is 3210. The Morgan fingerprint density at radius 3 is 1.68 bits per heavy atom. The summed E-state index contributed by atoms with van der Waals surface area (Å²) in [6.07, 6.45) is -16.9. The van der Waals surface area contributed by atoms with E-state index in [-0.39, 0.29) is 43.4 Å². The van der Waals surface area contributed by atoms with E-state index < -0.39 is 145 Å². The van der Waals surface area contributed by atoms with Gasteiger partial charge in [-0.3, -0.25) is 4.79 Å². The molecule has 2 aliphatic heterocycles. The van der Waals surface area contributed by atoms with Crippen LogP contribution in [0.1, 0.15) is 80.1 Å². The molecule has 6 amide bonds. The summed E-state index contributed by atoms with van der Waals surface area (Å²) in [5, 5.41) is 15.6. The predicted octanol–water partition coefficient (Wildman–Crippen LogP) is 10.2. The lowest BCUT2D eigenvalue weighted by atomic mass is 9.82. The average molecular weight is 1270 g/mol. The highest BCUT2D eigenvalue weighted by atomic mass is 19.4. The Labute approximate surface area is 515 Å². The zero-order valence-electron chi connectivity index (χ0n) is 50.2. The van der Waals surface area contributed by atoms with Crippen molar-refractivity contribution in [2.75, 3.05) is 44.7 Å². The van der Waals surface area contributed by atoms with Crippen molar-refractivity contribution in [1.29, 1.82) is 0 Å². The van der Waals surface area contributed by atoms with Crippen LogP contribution in [0.15, 0.2) is 127 Å². The van der Waals surface area contributed by atoms with E-state index in [0.717, 1.165) is 35.9 Å². The highest BCUT2D eigenvalue weighted by Gasteiger charge is 2.50. The molecule has 7 rings (SSSR count). The van der Waals surface area contributed by atoms with Crippen molar-refractivity contribution < 1.29 is 97.7 Å².